The second kappa shape index (κ2) is 11.4. The number of hydrogen-bond donors (Lipinski definition) is 0. The smallest absolute Gasteiger partial charge is 0.325 e. The van der Waals surface area contributed by atoms with Crippen LogP contribution in [0.1, 0.15) is 58.2 Å². The Kier molecular flexibility index (Phi) is 8.17. The number of carbonyl (C=O) groups is 1. The Morgan fingerprint density at radius 1 is 1.08 bits per heavy atom. The largest absolute Gasteiger partial charge is 0.490 e. The summed E-state index contributed by atoms with van der Waals surface area (Å²) in [4.78, 5) is 19.6. The van der Waals surface area contributed by atoms with Gasteiger partial charge in [-0.25, -0.2) is 0 Å². The Labute approximate surface area is 224 Å². The topological polar surface area (TPSA) is 101 Å². The van der Waals surface area contributed by atoms with Crippen molar-refractivity contribution in [2.24, 2.45) is 5.92 Å². The Hall–Kier alpha value is -3.70. The molecule has 0 saturated heterocycles. The van der Waals surface area contributed by atoms with Crippen LogP contribution in [0.25, 0.3) is 22.8 Å². The molecule has 38 heavy (non-hydrogen) atoms. The highest BCUT2D eigenvalue weighted by Gasteiger charge is 2.37. The summed E-state index contributed by atoms with van der Waals surface area (Å²) in [5.41, 5.74) is 3.72. The Bertz CT molecular complexity index is 1340. The van der Waals surface area contributed by atoms with E-state index in [1.165, 1.54) is 11.1 Å². The maximum Gasteiger partial charge on any atom is 0.325 e. The highest BCUT2D eigenvalue weighted by atomic mass is 16.5. The summed E-state index contributed by atoms with van der Waals surface area (Å²) < 4.78 is 16.8. The maximum absolute atomic E-state index is 12.8. The molecule has 0 spiro atoms. The molecule has 1 aromatic heterocycles. The summed E-state index contributed by atoms with van der Waals surface area (Å²) in [5, 5.41) is 13.7. The number of esters is 1. The minimum absolute atomic E-state index is 0.0342. The number of ether oxygens (including phenoxy) is 2. The lowest BCUT2D eigenvalue weighted by atomic mass is 10.00. The summed E-state index contributed by atoms with van der Waals surface area (Å²) in [7, 11) is 0. The van der Waals surface area contributed by atoms with Crippen LogP contribution in [0.3, 0.4) is 0 Å². The zero-order valence-electron chi connectivity index (χ0n) is 23.1. The molecular formula is C30H36N4O4. The highest BCUT2D eigenvalue weighted by Crippen LogP contribution is 2.30. The maximum atomic E-state index is 12.8. The lowest BCUT2D eigenvalue weighted by Gasteiger charge is -2.35. The summed E-state index contributed by atoms with van der Waals surface area (Å²) in [6.45, 7) is 13.7. The van der Waals surface area contributed by atoms with E-state index in [1.807, 2.05) is 53.7 Å². The van der Waals surface area contributed by atoms with Gasteiger partial charge in [0.15, 0.2) is 0 Å². The number of aromatic nitrogens is 2. The predicted molar refractivity (Wildman–Crippen MR) is 145 cm³/mol. The van der Waals surface area contributed by atoms with Crippen LogP contribution in [0, 0.1) is 17.2 Å². The van der Waals surface area contributed by atoms with E-state index >= 15 is 0 Å². The van der Waals surface area contributed by atoms with E-state index in [2.05, 4.69) is 33.2 Å². The molecular weight excluding hydrogens is 480 g/mol. The van der Waals surface area contributed by atoms with Crippen molar-refractivity contribution in [3.05, 3.63) is 53.1 Å². The normalized spacial score (nSPS) is 14.2. The fourth-order valence-electron chi connectivity index (χ4n) is 4.54. The van der Waals surface area contributed by atoms with Gasteiger partial charge in [-0.05, 0) is 81.8 Å². The van der Waals surface area contributed by atoms with Crippen LogP contribution in [-0.2, 0) is 22.4 Å². The number of rotatable bonds is 8. The molecule has 0 bridgehead atoms. The van der Waals surface area contributed by atoms with E-state index in [9.17, 15) is 10.1 Å². The highest BCUT2D eigenvalue weighted by molar-refractivity contribution is 5.79. The van der Waals surface area contributed by atoms with Crippen molar-refractivity contribution in [3.63, 3.8) is 0 Å². The molecule has 0 fully saturated rings. The molecule has 0 amide bonds. The van der Waals surface area contributed by atoms with Crippen LogP contribution in [0.2, 0.25) is 0 Å². The minimum Gasteiger partial charge on any atom is -0.490 e. The number of carbonyl (C=O) groups excluding carboxylic acids is 1. The van der Waals surface area contributed by atoms with Crippen LogP contribution < -0.4 is 4.74 Å². The van der Waals surface area contributed by atoms with Crippen molar-refractivity contribution in [1.29, 1.82) is 5.26 Å². The molecule has 3 aromatic rings. The third-order valence-electron chi connectivity index (χ3n) is 6.74. The second-order valence-corrected chi connectivity index (χ2v) is 10.9. The first-order valence-corrected chi connectivity index (χ1v) is 13.2. The summed E-state index contributed by atoms with van der Waals surface area (Å²) >= 11 is 0. The molecule has 0 atom stereocenters. The standard InChI is InChI=1S/C30H36N4O4/c1-19(2)18-36-29(35)30(5,6)34-13-11-21-7-8-23(15-22(21)12-14-34)27-32-28(38-33-27)24-9-10-26(37-20(3)4)25(16-24)17-31/h7-10,15-16,19-20H,11-14,18H2,1-6H3. The Balaban J connectivity index is 1.50. The first-order chi connectivity index (χ1) is 18.1. The van der Waals surface area contributed by atoms with E-state index < -0.39 is 5.54 Å². The van der Waals surface area contributed by atoms with E-state index in [0.29, 0.717) is 41.1 Å². The SMILES string of the molecule is CC(C)COC(=O)C(C)(C)N1CCc2ccc(-c3noc(-c4ccc(OC(C)C)c(C#N)c4)n3)cc2CC1. The van der Waals surface area contributed by atoms with Gasteiger partial charge in [-0.2, -0.15) is 10.2 Å². The lowest BCUT2D eigenvalue weighted by Crippen LogP contribution is -2.52. The number of fused-ring (bicyclic) bond motifs is 1. The molecule has 0 radical (unpaired) electrons. The van der Waals surface area contributed by atoms with Crippen molar-refractivity contribution in [2.75, 3.05) is 19.7 Å². The molecule has 4 rings (SSSR count). The van der Waals surface area contributed by atoms with Crippen molar-refractivity contribution in [3.8, 4) is 34.7 Å². The molecule has 200 valence electrons. The molecule has 8 nitrogen and oxygen atoms in total. The Morgan fingerprint density at radius 2 is 1.79 bits per heavy atom. The first-order valence-electron chi connectivity index (χ1n) is 13.2. The minimum atomic E-state index is -0.694. The van der Waals surface area contributed by atoms with Crippen LogP contribution in [0.5, 0.6) is 5.75 Å². The van der Waals surface area contributed by atoms with Crippen molar-refractivity contribution in [2.45, 2.75) is 66.0 Å². The fourth-order valence-corrected chi connectivity index (χ4v) is 4.54. The summed E-state index contributed by atoms with van der Waals surface area (Å²) in [6, 6.07) is 13.7. The monoisotopic (exact) mass is 516 g/mol. The van der Waals surface area contributed by atoms with Gasteiger partial charge in [0.1, 0.15) is 17.4 Å². The molecule has 0 unspecified atom stereocenters. The van der Waals surface area contributed by atoms with Crippen molar-refractivity contribution >= 4 is 5.97 Å². The van der Waals surface area contributed by atoms with Gasteiger partial charge in [0.25, 0.3) is 5.89 Å². The molecule has 0 N–H and O–H groups in total. The average Bonchev–Trinajstić information content (AvgIpc) is 3.27. The number of benzene rings is 2. The third kappa shape index (κ3) is 6.05. The van der Waals surface area contributed by atoms with Crippen LogP contribution in [-0.4, -0.2) is 52.3 Å². The number of hydrogen-bond acceptors (Lipinski definition) is 8. The predicted octanol–water partition coefficient (Wildman–Crippen LogP) is 5.44. The average molecular weight is 517 g/mol. The van der Waals surface area contributed by atoms with Gasteiger partial charge in [-0.15, -0.1) is 0 Å². The molecule has 8 heteroatoms. The first kappa shape index (κ1) is 27.3. The van der Waals surface area contributed by atoms with E-state index in [4.69, 9.17) is 14.0 Å². The zero-order valence-corrected chi connectivity index (χ0v) is 23.1. The lowest BCUT2D eigenvalue weighted by molar-refractivity contribution is -0.157. The molecule has 1 aliphatic rings. The van der Waals surface area contributed by atoms with E-state index in [-0.39, 0.29) is 12.1 Å². The number of nitriles is 1. The third-order valence-corrected chi connectivity index (χ3v) is 6.74. The summed E-state index contributed by atoms with van der Waals surface area (Å²) in [6.07, 6.45) is 1.61. The van der Waals surface area contributed by atoms with Gasteiger partial charge < -0.3 is 14.0 Å². The fraction of sp³-hybridized carbons (Fsp3) is 0.467. The molecule has 0 aliphatic carbocycles. The van der Waals surface area contributed by atoms with Gasteiger partial charge in [-0.3, -0.25) is 9.69 Å². The van der Waals surface area contributed by atoms with Gasteiger partial charge in [0, 0.05) is 24.2 Å². The quantitative estimate of drug-likeness (QED) is 0.365. The zero-order chi connectivity index (χ0) is 27.4. The molecule has 2 aromatic carbocycles. The van der Waals surface area contributed by atoms with Gasteiger partial charge >= 0.3 is 5.97 Å². The van der Waals surface area contributed by atoms with Crippen LogP contribution >= 0.6 is 0 Å². The van der Waals surface area contributed by atoms with Gasteiger partial charge in [0.2, 0.25) is 5.82 Å². The van der Waals surface area contributed by atoms with Gasteiger partial charge in [-0.1, -0.05) is 31.1 Å². The molecule has 1 aliphatic heterocycles. The molecule has 2 heterocycles. The Morgan fingerprint density at radius 3 is 2.47 bits per heavy atom. The molecule has 0 saturated carbocycles. The van der Waals surface area contributed by atoms with Crippen molar-refractivity contribution < 1.29 is 18.8 Å². The van der Waals surface area contributed by atoms with E-state index in [1.54, 1.807) is 12.1 Å². The number of nitrogens with zero attached hydrogens (tertiary/aromatic N) is 4. The van der Waals surface area contributed by atoms with Gasteiger partial charge in [0.05, 0.1) is 18.3 Å². The van der Waals surface area contributed by atoms with E-state index in [0.717, 1.165) is 31.5 Å². The van der Waals surface area contributed by atoms with Crippen molar-refractivity contribution in [1.82, 2.24) is 15.0 Å². The van der Waals surface area contributed by atoms with Crippen LogP contribution in [0.15, 0.2) is 40.9 Å². The summed E-state index contributed by atoms with van der Waals surface area (Å²) in [5.74, 6) is 1.49. The van der Waals surface area contributed by atoms with Crippen LogP contribution in [0.4, 0.5) is 0 Å². The second-order valence-electron chi connectivity index (χ2n) is 10.9.